The molecule has 0 aromatic heterocycles. The van der Waals surface area contributed by atoms with Crippen molar-refractivity contribution in [1.29, 1.82) is 0 Å². The molecule has 3 heteroatoms. The number of nitrogens with two attached hydrogens (primary N) is 1. The van der Waals surface area contributed by atoms with Crippen molar-refractivity contribution in [2.75, 3.05) is 0 Å². The van der Waals surface area contributed by atoms with Gasteiger partial charge in [-0.15, -0.1) is 0 Å². The molecule has 0 amide bonds. The maximum Gasteiger partial charge on any atom is 0.323 e. The number of rotatable bonds is 3. The summed E-state index contributed by atoms with van der Waals surface area (Å²) in [5.74, 6) is 1.08. The molecule has 0 spiro atoms. The van der Waals surface area contributed by atoms with E-state index in [9.17, 15) is 4.79 Å². The molecule has 88 valence electrons. The first-order valence-corrected chi connectivity index (χ1v) is 5.99. The van der Waals surface area contributed by atoms with Gasteiger partial charge < -0.3 is 10.5 Å². The number of hydrogen-bond acceptors (Lipinski definition) is 3. The summed E-state index contributed by atoms with van der Waals surface area (Å²) in [6, 6.07) is -0.447. The predicted octanol–water partition coefficient (Wildman–Crippen LogP) is 2.09. The standard InChI is InChI=1S/C12H23NO2/c1-4-11(13)12(14)15-10-6-8(2)5-9(3)7-10/h8-11H,4-7,13H2,1-3H3. The first kappa shape index (κ1) is 12.5. The van der Waals surface area contributed by atoms with Crippen LogP contribution in [0.25, 0.3) is 0 Å². The number of esters is 1. The quantitative estimate of drug-likeness (QED) is 0.730. The van der Waals surface area contributed by atoms with E-state index in [2.05, 4.69) is 13.8 Å². The highest BCUT2D eigenvalue weighted by molar-refractivity contribution is 5.75. The van der Waals surface area contributed by atoms with Crippen LogP contribution in [0.5, 0.6) is 0 Å². The Morgan fingerprint density at radius 2 is 1.87 bits per heavy atom. The van der Waals surface area contributed by atoms with Crippen LogP contribution in [0.3, 0.4) is 0 Å². The molecule has 1 aliphatic rings. The normalized spacial score (nSPS) is 33.5. The summed E-state index contributed by atoms with van der Waals surface area (Å²) in [5, 5.41) is 0. The molecule has 0 radical (unpaired) electrons. The van der Waals surface area contributed by atoms with Gasteiger partial charge in [0.15, 0.2) is 0 Å². The molecule has 0 heterocycles. The zero-order valence-electron chi connectivity index (χ0n) is 10.0. The lowest BCUT2D eigenvalue weighted by Crippen LogP contribution is -2.36. The predicted molar refractivity (Wildman–Crippen MR) is 60.3 cm³/mol. The second-order valence-electron chi connectivity index (χ2n) is 4.99. The van der Waals surface area contributed by atoms with Gasteiger partial charge in [-0.3, -0.25) is 4.79 Å². The Labute approximate surface area is 92.4 Å². The van der Waals surface area contributed by atoms with Crippen molar-refractivity contribution in [3.8, 4) is 0 Å². The summed E-state index contributed by atoms with van der Waals surface area (Å²) >= 11 is 0. The van der Waals surface area contributed by atoms with E-state index in [1.165, 1.54) is 6.42 Å². The highest BCUT2D eigenvalue weighted by atomic mass is 16.5. The van der Waals surface area contributed by atoms with Crippen molar-refractivity contribution < 1.29 is 9.53 Å². The maximum atomic E-state index is 11.5. The van der Waals surface area contributed by atoms with Gasteiger partial charge in [0.05, 0.1) is 0 Å². The van der Waals surface area contributed by atoms with Crippen LogP contribution < -0.4 is 5.73 Å². The molecule has 1 fully saturated rings. The summed E-state index contributed by atoms with van der Waals surface area (Å²) in [6.45, 7) is 6.34. The van der Waals surface area contributed by atoms with Gasteiger partial charge in [0.25, 0.3) is 0 Å². The van der Waals surface area contributed by atoms with Gasteiger partial charge in [-0.1, -0.05) is 20.8 Å². The zero-order chi connectivity index (χ0) is 11.4. The first-order chi connectivity index (χ1) is 7.02. The molecular weight excluding hydrogens is 190 g/mol. The molecule has 1 rings (SSSR count). The van der Waals surface area contributed by atoms with Crippen LogP contribution in [0.2, 0.25) is 0 Å². The van der Waals surface area contributed by atoms with Gasteiger partial charge in [-0.25, -0.2) is 0 Å². The molecule has 1 saturated carbocycles. The van der Waals surface area contributed by atoms with Crippen molar-refractivity contribution in [3.63, 3.8) is 0 Å². The van der Waals surface area contributed by atoms with Gasteiger partial charge in [-0.05, 0) is 37.5 Å². The molecule has 2 N–H and O–H groups in total. The van der Waals surface area contributed by atoms with E-state index in [0.717, 1.165) is 12.8 Å². The fourth-order valence-corrected chi connectivity index (χ4v) is 2.39. The lowest BCUT2D eigenvalue weighted by molar-refractivity contribution is -0.153. The Hall–Kier alpha value is -0.570. The smallest absolute Gasteiger partial charge is 0.323 e. The largest absolute Gasteiger partial charge is 0.461 e. The van der Waals surface area contributed by atoms with E-state index in [1.54, 1.807) is 0 Å². The van der Waals surface area contributed by atoms with E-state index in [-0.39, 0.29) is 12.1 Å². The van der Waals surface area contributed by atoms with E-state index in [4.69, 9.17) is 10.5 Å². The summed E-state index contributed by atoms with van der Waals surface area (Å²) in [6.07, 6.45) is 3.97. The van der Waals surface area contributed by atoms with Crippen LogP contribution in [0.1, 0.15) is 46.5 Å². The van der Waals surface area contributed by atoms with E-state index < -0.39 is 6.04 Å². The van der Waals surface area contributed by atoms with Crippen LogP contribution in [-0.2, 0) is 9.53 Å². The molecule has 3 nitrogen and oxygen atoms in total. The minimum absolute atomic E-state index is 0.0915. The number of ether oxygens (including phenoxy) is 1. The molecule has 15 heavy (non-hydrogen) atoms. The Kier molecular flexibility index (Phi) is 4.58. The van der Waals surface area contributed by atoms with Crippen molar-refractivity contribution in [2.45, 2.75) is 58.6 Å². The Morgan fingerprint density at radius 1 is 1.33 bits per heavy atom. The highest BCUT2D eigenvalue weighted by Crippen LogP contribution is 2.30. The van der Waals surface area contributed by atoms with E-state index in [0.29, 0.717) is 18.3 Å². The molecule has 3 atom stereocenters. The van der Waals surface area contributed by atoms with Crippen LogP contribution in [0.4, 0.5) is 0 Å². The van der Waals surface area contributed by atoms with Crippen LogP contribution >= 0.6 is 0 Å². The molecule has 3 unspecified atom stereocenters. The van der Waals surface area contributed by atoms with E-state index >= 15 is 0 Å². The summed E-state index contributed by atoms with van der Waals surface area (Å²) in [7, 11) is 0. The number of hydrogen-bond donors (Lipinski definition) is 1. The third kappa shape index (κ3) is 3.82. The lowest BCUT2D eigenvalue weighted by atomic mass is 9.82. The molecule has 0 aliphatic heterocycles. The third-order valence-corrected chi connectivity index (χ3v) is 3.16. The molecule has 0 aromatic rings. The highest BCUT2D eigenvalue weighted by Gasteiger charge is 2.27. The second kappa shape index (κ2) is 5.50. The van der Waals surface area contributed by atoms with Crippen LogP contribution in [0.15, 0.2) is 0 Å². The molecule has 0 saturated heterocycles. The molecular formula is C12H23NO2. The monoisotopic (exact) mass is 213 g/mol. The van der Waals surface area contributed by atoms with Gasteiger partial charge >= 0.3 is 5.97 Å². The molecule has 0 bridgehead atoms. The Morgan fingerprint density at radius 3 is 2.33 bits per heavy atom. The SMILES string of the molecule is CCC(N)C(=O)OC1CC(C)CC(C)C1. The minimum atomic E-state index is -0.447. The Bertz CT molecular complexity index is 208. The van der Waals surface area contributed by atoms with Gasteiger partial charge in [-0.2, -0.15) is 0 Å². The number of carbonyl (C=O) groups excluding carboxylic acids is 1. The minimum Gasteiger partial charge on any atom is -0.461 e. The zero-order valence-corrected chi connectivity index (χ0v) is 10.0. The third-order valence-electron chi connectivity index (χ3n) is 3.16. The van der Waals surface area contributed by atoms with Crippen molar-refractivity contribution >= 4 is 5.97 Å². The van der Waals surface area contributed by atoms with Gasteiger partial charge in [0, 0.05) is 0 Å². The van der Waals surface area contributed by atoms with Crippen molar-refractivity contribution in [2.24, 2.45) is 17.6 Å². The summed E-state index contributed by atoms with van der Waals surface area (Å²) in [5.41, 5.74) is 5.63. The first-order valence-electron chi connectivity index (χ1n) is 5.99. The lowest BCUT2D eigenvalue weighted by Gasteiger charge is -2.31. The fraction of sp³-hybridized carbons (Fsp3) is 0.917. The average molecular weight is 213 g/mol. The van der Waals surface area contributed by atoms with Gasteiger partial charge in [0.2, 0.25) is 0 Å². The summed E-state index contributed by atoms with van der Waals surface area (Å²) < 4.78 is 5.42. The topological polar surface area (TPSA) is 52.3 Å². The van der Waals surface area contributed by atoms with E-state index in [1.807, 2.05) is 6.92 Å². The summed E-state index contributed by atoms with van der Waals surface area (Å²) in [4.78, 5) is 11.5. The molecule has 0 aromatic carbocycles. The maximum absolute atomic E-state index is 11.5. The van der Waals surface area contributed by atoms with Crippen LogP contribution in [0, 0.1) is 11.8 Å². The fourth-order valence-electron chi connectivity index (χ4n) is 2.39. The van der Waals surface area contributed by atoms with Crippen molar-refractivity contribution in [3.05, 3.63) is 0 Å². The van der Waals surface area contributed by atoms with Crippen LogP contribution in [-0.4, -0.2) is 18.1 Å². The van der Waals surface area contributed by atoms with Gasteiger partial charge in [0.1, 0.15) is 12.1 Å². The van der Waals surface area contributed by atoms with Crippen molar-refractivity contribution in [1.82, 2.24) is 0 Å². The second-order valence-corrected chi connectivity index (χ2v) is 4.99. The Balaban J connectivity index is 2.40. The number of carbonyl (C=O) groups is 1. The average Bonchev–Trinajstić information content (AvgIpc) is 2.14. The molecule has 1 aliphatic carbocycles.